The van der Waals surface area contributed by atoms with Crippen LogP contribution >= 0.6 is 0 Å². The van der Waals surface area contributed by atoms with Gasteiger partial charge in [0.2, 0.25) is 0 Å². The molecule has 4 rings (SSSR count). The normalized spacial score (nSPS) is 11.5. The predicted molar refractivity (Wildman–Crippen MR) is 100 cm³/mol. The number of aromatic nitrogens is 6. The third kappa shape index (κ3) is 2.56. The van der Waals surface area contributed by atoms with Crippen LogP contribution in [0.2, 0.25) is 0 Å². The van der Waals surface area contributed by atoms with Gasteiger partial charge in [-0.05, 0) is 18.4 Å². The summed E-state index contributed by atoms with van der Waals surface area (Å²) in [6.45, 7) is 4.77. The third-order valence-corrected chi connectivity index (χ3v) is 4.52. The first-order valence-electron chi connectivity index (χ1n) is 8.93. The van der Waals surface area contributed by atoms with Crippen molar-refractivity contribution < 1.29 is 0 Å². The van der Waals surface area contributed by atoms with Crippen molar-refractivity contribution in [1.29, 1.82) is 0 Å². The maximum absolute atomic E-state index is 12.7. The summed E-state index contributed by atoms with van der Waals surface area (Å²) in [6.07, 6.45) is 4.26. The molecule has 0 N–H and O–H groups in total. The largest absolute Gasteiger partial charge is 0.297 e. The molecule has 4 aromatic rings. The first-order chi connectivity index (χ1) is 12.7. The van der Waals surface area contributed by atoms with Crippen molar-refractivity contribution in [3.05, 3.63) is 52.7 Å². The fraction of sp³-hybridized carbons (Fsp3) is 0.316. The summed E-state index contributed by atoms with van der Waals surface area (Å²) < 4.78 is 3.24. The van der Waals surface area contributed by atoms with Gasteiger partial charge >= 0.3 is 0 Å². The van der Waals surface area contributed by atoms with Gasteiger partial charge in [-0.25, -0.2) is 4.98 Å². The van der Waals surface area contributed by atoms with Crippen molar-refractivity contribution in [2.45, 2.75) is 39.7 Å². The van der Waals surface area contributed by atoms with Crippen molar-refractivity contribution in [3.8, 4) is 11.1 Å². The van der Waals surface area contributed by atoms with E-state index in [-0.39, 0.29) is 11.1 Å². The number of rotatable bonds is 5. The molecule has 0 unspecified atom stereocenters. The zero-order valence-corrected chi connectivity index (χ0v) is 14.9. The van der Waals surface area contributed by atoms with E-state index in [0.29, 0.717) is 17.8 Å². The van der Waals surface area contributed by atoms with E-state index in [9.17, 15) is 4.79 Å². The molecule has 132 valence electrons. The number of aryl methyl sites for hydroxylation is 2. The number of unbranched alkanes of at least 4 members (excludes halogenated alkanes) is 1. The van der Waals surface area contributed by atoms with Crippen molar-refractivity contribution in [3.63, 3.8) is 0 Å². The van der Waals surface area contributed by atoms with Gasteiger partial charge in [0.1, 0.15) is 6.33 Å². The maximum atomic E-state index is 12.7. The Kier molecular flexibility index (Phi) is 4.20. The lowest BCUT2D eigenvalue weighted by Crippen LogP contribution is -2.23. The highest BCUT2D eigenvalue weighted by atomic mass is 16.1. The maximum Gasteiger partial charge on any atom is 0.283 e. The van der Waals surface area contributed by atoms with E-state index < -0.39 is 0 Å². The second-order valence-electron chi connectivity index (χ2n) is 6.25. The molecular formula is C19H20N6O. The number of nitrogens with zero attached hydrogens (tertiary/aromatic N) is 6. The summed E-state index contributed by atoms with van der Waals surface area (Å²) >= 11 is 0. The van der Waals surface area contributed by atoms with Crippen molar-refractivity contribution in [2.24, 2.45) is 0 Å². The standard InChI is InChI=1S/C19H20N6O/c1-3-5-11-24-12-20-18-16(19(24)26)21-22-17-15(13-9-7-6-8-10-13)14(4-2)23-25(17)18/h6-10,12H,3-5,11H2,1-2H3. The van der Waals surface area contributed by atoms with Gasteiger partial charge in [0, 0.05) is 6.54 Å². The van der Waals surface area contributed by atoms with Gasteiger partial charge in [-0.3, -0.25) is 9.36 Å². The topological polar surface area (TPSA) is 78.0 Å². The van der Waals surface area contributed by atoms with Crippen LogP contribution in [0.5, 0.6) is 0 Å². The minimum Gasteiger partial charge on any atom is -0.297 e. The molecule has 0 saturated heterocycles. The van der Waals surface area contributed by atoms with Crippen LogP contribution in [-0.4, -0.2) is 29.4 Å². The number of hydrogen-bond donors (Lipinski definition) is 0. The van der Waals surface area contributed by atoms with Gasteiger partial charge < -0.3 is 0 Å². The van der Waals surface area contributed by atoms with E-state index in [1.165, 1.54) is 0 Å². The Morgan fingerprint density at radius 1 is 1.04 bits per heavy atom. The van der Waals surface area contributed by atoms with Crippen LogP contribution < -0.4 is 5.56 Å². The Labute approximate surface area is 150 Å². The molecule has 0 aliphatic carbocycles. The zero-order chi connectivity index (χ0) is 18.1. The summed E-state index contributed by atoms with van der Waals surface area (Å²) in [7, 11) is 0. The van der Waals surface area contributed by atoms with Crippen molar-refractivity contribution in [1.82, 2.24) is 29.4 Å². The van der Waals surface area contributed by atoms with Crippen LogP contribution in [0.15, 0.2) is 41.5 Å². The molecule has 0 spiro atoms. The fourth-order valence-electron chi connectivity index (χ4n) is 3.14. The zero-order valence-electron chi connectivity index (χ0n) is 14.9. The van der Waals surface area contributed by atoms with Gasteiger partial charge in [0.15, 0.2) is 16.8 Å². The molecule has 26 heavy (non-hydrogen) atoms. The van der Waals surface area contributed by atoms with Crippen molar-refractivity contribution in [2.75, 3.05) is 0 Å². The molecule has 7 nitrogen and oxygen atoms in total. The number of benzene rings is 1. The SMILES string of the molecule is CCCCn1cnc2c(nnc3c(-c4ccccc4)c(CC)nn32)c1=O. The molecular weight excluding hydrogens is 328 g/mol. The van der Waals surface area contributed by atoms with E-state index in [4.69, 9.17) is 0 Å². The fourth-order valence-corrected chi connectivity index (χ4v) is 3.14. The van der Waals surface area contributed by atoms with Crippen LogP contribution in [0.1, 0.15) is 32.4 Å². The monoisotopic (exact) mass is 348 g/mol. The summed E-state index contributed by atoms with van der Waals surface area (Å²) in [4.78, 5) is 17.2. The van der Waals surface area contributed by atoms with Crippen LogP contribution in [0.25, 0.3) is 27.9 Å². The highest BCUT2D eigenvalue weighted by Crippen LogP contribution is 2.28. The first kappa shape index (κ1) is 16.4. The second kappa shape index (κ2) is 6.67. The average molecular weight is 348 g/mol. The molecule has 1 aromatic carbocycles. The van der Waals surface area contributed by atoms with E-state index in [1.807, 2.05) is 30.3 Å². The Hall–Kier alpha value is -3.09. The van der Waals surface area contributed by atoms with Gasteiger partial charge in [-0.2, -0.15) is 9.61 Å². The highest BCUT2D eigenvalue weighted by Gasteiger charge is 2.19. The van der Waals surface area contributed by atoms with Gasteiger partial charge in [0.05, 0.1) is 11.3 Å². The summed E-state index contributed by atoms with van der Waals surface area (Å²) in [6, 6.07) is 9.99. The minimum absolute atomic E-state index is 0.173. The van der Waals surface area contributed by atoms with Gasteiger partial charge in [0.25, 0.3) is 5.56 Å². The number of fused-ring (bicyclic) bond motifs is 3. The molecule has 0 aliphatic rings. The molecule has 0 fully saturated rings. The van der Waals surface area contributed by atoms with E-state index in [2.05, 4.69) is 34.1 Å². The molecule has 0 amide bonds. The summed E-state index contributed by atoms with van der Waals surface area (Å²) in [5.74, 6) is 0. The summed E-state index contributed by atoms with van der Waals surface area (Å²) in [5.41, 5.74) is 4.04. The van der Waals surface area contributed by atoms with Gasteiger partial charge in [-0.15, -0.1) is 10.2 Å². The van der Waals surface area contributed by atoms with Gasteiger partial charge in [-0.1, -0.05) is 50.6 Å². The lowest BCUT2D eigenvalue weighted by atomic mass is 10.0. The lowest BCUT2D eigenvalue weighted by molar-refractivity contribution is 0.605. The molecule has 3 heterocycles. The quantitative estimate of drug-likeness (QED) is 0.554. The number of hydrogen-bond acceptors (Lipinski definition) is 5. The lowest BCUT2D eigenvalue weighted by Gasteiger charge is -2.05. The molecule has 0 bridgehead atoms. The molecule has 0 radical (unpaired) electrons. The summed E-state index contributed by atoms with van der Waals surface area (Å²) in [5, 5.41) is 13.2. The molecule has 0 atom stereocenters. The smallest absolute Gasteiger partial charge is 0.283 e. The predicted octanol–water partition coefficient (Wildman–Crippen LogP) is 2.86. The average Bonchev–Trinajstić information content (AvgIpc) is 3.07. The van der Waals surface area contributed by atoms with Crippen LogP contribution in [-0.2, 0) is 13.0 Å². The Bertz CT molecular complexity index is 1130. The minimum atomic E-state index is -0.173. The van der Waals surface area contributed by atoms with Crippen LogP contribution in [0.3, 0.4) is 0 Å². The third-order valence-electron chi connectivity index (χ3n) is 4.52. The molecule has 3 aromatic heterocycles. The molecule has 0 saturated carbocycles. The Morgan fingerprint density at radius 2 is 1.85 bits per heavy atom. The highest BCUT2D eigenvalue weighted by molar-refractivity contribution is 5.83. The Balaban J connectivity index is 1.98. The van der Waals surface area contributed by atoms with Crippen LogP contribution in [0, 0.1) is 0 Å². The van der Waals surface area contributed by atoms with Crippen molar-refractivity contribution >= 4 is 16.8 Å². The van der Waals surface area contributed by atoms with E-state index >= 15 is 0 Å². The Morgan fingerprint density at radius 3 is 2.58 bits per heavy atom. The second-order valence-corrected chi connectivity index (χ2v) is 6.25. The molecule has 7 heteroatoms. The van der Waals surface area contributed by atoms with E-state index in [0.717, 1.165) is 36.1 Å². The first-order valence-corrected chi connectivity index (χ1v) is 8.93. The van der Waals surface area contributed by atoms with E-state index in [1.54, 1.807) is 15.4 Å². The molecule has 0 aliphatic heterocycles. The van der Waals surface area contributed by atoms with Crippen LogP contribution in [0.4, 0.5) is 0 Å².